The average Bonchev–Trinajstić information content (AvgIpc) is 3.05. The number of nitrogens with one attached hydrogen (secondary N) is 2. The van der Waals surface area contributed by atoms with E-state index < -0.39 is 0 Å². The number of benzene rings is 1. The van der Waals surface area contributed by atoms with Crippen molar-refractivity contribution in [1.82, 2.24) is 25.4 Å². The van der Waals surface area contributed by atoms with E-state index in [4.69, 9.17) is 4.99 Å². The summed E-state index contributed by atoms with van der Waals surface area (Å²) < 4.78 is 1.99. The third-order valence-electron chi connectivity index (χ3n) is 4.41. The first-order chi connectivity index (χ1) is 13.7. The van der Waals surface area contributed by atoms with Crippen molar-refractivity contribution in [2.45, 2.75) is 33.7 Å². The minimum atomic E-state index is 0.580. The van der Waals surface area contributed by atoms with E-state index in [1.165, 1.54) is 5.56 Å². The summed E-state index contributed by atoms with van der Waals surface area (Å²) in [6.07, 6.45) is 4.60. The fourth-order valence-corrected chi connectivity index (χ4v) is 3.10. The SMILES string of the molecule is CCNC(=NCc1ccccc1-n1nc(C)cc1C)NCCc1cccnc1. The van der Waals surface area contributed by atoms with Crippen molar-refractivity contribution in [3.63, 3.8) is 0 Å². The largest absolute Gasteiger partial charge is 0.357 e. The molecule has 0 saturated carbocycles. The molecule has 0 unspecified atom stereocenters. The van der Waals surface area contributed by atoms with E-state index in [-0.39, 0.29) is 0 Å². The molecule has 2 aromatic heterocycles. The molecule has 146 valence electrons. The number of guanidine groups is 1. The van der Waals surface area contributed by atoms with Gasteiger partial charge in [-0.3, -0.25) is 4.98 Å². The standard InChI is InChI=1S/C22H28N6/c1-4-24-22(25-13-11-19-8-7-12-23-15-19)26-16-20-9-5-6-10-21(20)28-18(3)14-17(2)27-28/h5-10,12,14-15H,4,11,13,16H2,1-3H3,(H2,24,25,26). The molecule has 0 atom stereocenters. The number of aromatic nitrogens is 3. The van der Waals surface area contributed by atoms with E-state index in [0.717, 1.165) is 48.1 Å². The molecule has 28 heavy (non-hydrogen) atoms. The first kappa shape index (κ1) is 19.6. The zero-order chi connectivity index (χ0) is 19.8. The third kappa shape index (κ3) is 5.19. The summed E-state index contributed by atoms with van der Waals surface area (Å²) in [7, 11) is 0. The van der Waals surface area contributed by atoms with Gasteiger partial charge in [-0.15, -0.1) is 0 Å². The summed E-state index contributed by atoms with van der Waals surface area (Å²) in [5.74, 6) is 0.814. The van der Waals surface area contributed by atoms with E-state index in [1.807, 2.05) is 36.0 Å². The Morgan fingerprint density at radius 1 is 1.11 bits per heavy atom. The summed E-state index contributed by atoms with van der Waals surface area (Å²) in [4.78, 5) is 8.94. The van der Waals surface area contributed by atoms with Crippen molar-refractivity contribution < 1.29 is 0 Å². The highest BCUT2D eigenvalue weighted by Gasteiger charge is 2.08. The fraction of sp³-hybridized carbons (Fsp3) is 0.318. The fourth-order valence-electron chi connectivity index (χ4n) is 3.10. The maximum absolute atomic E-state index is 4.78. The lowest BCUT2D eigenvalue weighted by atomic mass is 10.2. The van der Waals surface area contributed by atoms with Gasteiger partial charge in [0.05, 0.1) is 17.9 Å². The number of pyridine rings is 1. The van der Waals surface area contributed by atoms with Crippen LogP contribution in [-0.2, 0) is 13.0 Å². The Hall–Kier alpha value is -3.15. The molecule has 3 rings (SSSR count). The Morgan fingerprint density at radius 2 is 1.96 bits per heavy atom. The van der Waals surface area contributed by atoms with Gasteiger partial charge in [-0.05, 0) is 56.5 Å². The van der Waals surface area contributed by atoms with Crippen LogP contribution >= 0.6 is 0 Å². The molecule has 0 saturated heterocycles. The number of nitrogens with zero attached hydrogens (tertiary/aromatic N) is 4. The van der Waals surface area contributed by atoms with Crippen molar-refractivity contribution in [1.29, 1.82) is 0 Å². The Balaban J connectivity index is 1.70. The van der Waals surface area contributed by atoms with Crippen LogP contribution in [0.25, 0.3) is 5.69 Å². The first-order valence-corrected chi connectivity index (χ1v) is 9.70. The van der Waals surface area contributed by atoms with Gasteiger partial charge in [0.15, 0.2) is 5.96 Å². The molecule has 6 nitrogen and oxygen atoms in total. The van der Waals surface area contributed by atoms with E-state index in [2.05, 4.69) is 58.8 Å². The quantitative estimate of drug-likeness (QED) is 0.491. The predicted octanol–water partition coefficient (Wildman–Crippen LogP) is 3.18. The smallest absolute Gasteiger partial charge is 0.191 e. The molecule has 0 amide bonds. The Kier molecular flexibility index (Phi) is 6.78. The Labute approximate surface area is 166 Å². The maximum Gasteiger partial charge on any atom is 0.191 e. The van der Waals surface area contributed by atoms with E-state index in [9.17, 15) is 0 Å². The molecule has 0 spiro atoms. The van der Waals surface area contributed by atoms with Crippen LogP contribution < -0.4 is 10.6 Å². The van der Waals surface area contributed by atoms with Crippen LogP contribution in [-0.4, -0.2) is 33.8 Å². The van der Waals surface area contributed by atoms with Crippen LogP contribution in [0.1, 0.15) is 29.4 Å². The maximum atomic E-state index is 4.78. The monoisotopic (exact) mass is 376 g/mol. The van der Waals surface area contributed by atoms with Crippen molar-refractivity contribution in [3.05, 3.63) is 77.4 Å². The topological polar surface area (TPSA) is 67.1 Å². The minimum absolute atomic E-state index is 0.580. The lowest BCUT2D eigenvalue weighted by Gasteiger charge is -2.13. The molecule has 0 aliphatic rings. The van der Waals surface area contributed by atoms with E-state index in [0.29, 0.717) is 6.54 Å². The number of aliphatic imine (C=N–C) groups is 1. The highest BCUT2D eigenvalue weighted by molar-refractivity contribution is 5.79. The normalized spacial score (nSPS) is 11.5. The molecule has 2 heterocycles. The zero-order valence-electron chi connectivity index (χ0n) is 16.8. The second kappa shape index (κ2) is 9.69. The number of rotatable bonds is 7. The molecular weight excluding hydrogens is 348 g/mol. The molecule has 6 heteroatoms. The summed E-state index contributed by atoms with van der Waals surface area (Å²) in [6, 6.07) is 14.4. The number of hydrogen-bond donors (Lipinski definition) is 2. The van der Waals surface area contributed by atoms with Gasteiger partial charge in [-0.1, -0.05) is 24.3 Å². The van der Waals surface area contributed by atoms with Crippen LogP contribution in [0, 0.1) is 13.8 Å². The lowest BCUT2D eigenvalue weighted by molar-refractivity contribution is 0.790. The average molecular weight is 377 g/mol. The van der Waals surface area contributed by atoms with Crippen molar-refractivity contribution in [3.8, 4) is 5.69 Å². The van der Waals surface area contributed by atoms with Crippen LogP contribution in [0.2, 0.25) is 0 Å². The van der Waals surface area contributed by atoms with Crippen molar-refractivity contribution in [2.75, 3.05) is 13.1 Å². The van der Waals surface area contributed by atoms with Gasteiger partial charge in [-0.25, -0.2) is 9.67 Å². The van der Waals surface area contributed by atoms with E-state index >= 15 is 0 Å². The Bertz CT molecular complexity index is 914. The zero-order valence-corrected chi connectivity index (χ0v) is 16.8. The van der Waals surface area contributed by atoms with Gasteiger partial charge in [0, 0.05) is 31.2 Å². The van der Waals surface area contributed by atoms with Gasteiger partial charge < -0.3 is 10.6 Å². The molecule has 3 aromatic rings. The second-order valence-electron chi connectivity index (χ2n) is 6.70. The van der Waals surface area contributed by atoms with Crippen LogP contribution in [0.15, 0.2) is 59.9 Å². The molecule has 2 N–H and O–H groups in total. The summed E-state index contributed by atoms with van der Waals surface area (Å²) in [5, 5.41) is 11.3. The molecule has 0 bridgehead atoms. The highest BCUT2D eigenvalue weighted by atomic mass is 15.3. The second-order valence-corrected chi connectivity index (χ2v) is 6.70. The molecule has 0 aliphatic heterocycles. The predicted molar refractivity (Wildman–Crippen MR) is 114 cm³/mol. The van der Waals surface area contributed by atoms with Crippen LogP contribution in [0.4, 0.5) is 0 Å². The van der Waals surface area contributed by atoms with Crippen molar-refractivity contribution >= 4 is 5.96 Å². The van der Waals surface area contributed by atoms with Crippen LogP contribution in [0.3, 0.4) is 0 Å². The molecule has 0 fully saturated rings. The minimum Gasteiger partial charge on any atom is -0.357 e. The van der Waals surface area contributed by atoms with Gasteiger partial charge in [0.2, 0.25) is 0 Å². The molecule has 0 aliphatic carbocycles. The molecular formula is C22H28N6. The van der Waals surface area contributed by atoms with Gasteiger partial charge in [-0.2, -0.15) is 5.10 Å². The number of para-hydroxylation sites is 1. The van der Waals surface area contributed by atoms with Crippen molar-refractivity contribution in [2.24, 2.45) is 4.99 Å². The first-order valence-electron chi connectivity index (χ1n) is 9.70. The lowest BCUT2D eigenvalue weighted by Crippen LogP contribution is -2.38. The van der Waals surface area contributed by atoms with E-state index in [1.54, 1.807) is 6.20 Å². The number of aryl methyl sites for hydroxylation is 2. The third-order valence-corrected chi connectivity index (χ3v) is 4.41. The molecule has 0 radical (unpaired) electrons. The molecule has 1 aromatic carbocycles. The summed E-state index contributed by atoms with van der Waals surface area (Å²) >= 11 is 0. The van der Waals surface area contributed by atoms with Gasteiger partial charge >= 0.3 is 0 Å². The Morgan fingerprint density at radius 3 is 2.68 bits per heavy atom. The highest BCUT2D eigenvalue weighted by Crippen LogP contribution is 2.17. The number of hydrogen-bond acceptors (Lipinski definition) is 3. The van der Waals surface area contributed by atoms with Gasteiger partial charge in [0.1, 0.15) is 0 Å². The summed E-state index contributed by atoms with van der Waals surface area (Å²) in [5.41, 5.74) is 5.55. The van der Waals surface area contributed by atoms with Gasteiger partial charge in [0.25, 0.3) is 0 Å². The van der Waals surface area contributed by atoms with Crippen LogP contribution in [0.5, 0.6) is 0 Å². The summed E-state index contributed by atoms with van der Waals surface area (Å²) in [6.45, 7) is 8.36.